The average molecular weight is 355 g/mol. The first-order valence-corrected chi connectivity index (χ1v) is 8.89. The number of fused-ring (bicyclic) bond motifs is 1. The third-order valence-corrected chi connectivity index (χ3v) is 5.33. The molecular weight excluding hydrogens is 336 g/mol. The van der Waals surface area contributed by atoms with E-state index < -0.39 is 5.41 Å². The van der Waals surface area contributed by atoms with Crippen LogP contribution >= 0.6 is 11.6 Å². The number of hydrogen-bond acceptors (Lipinski definition) is 2. The number of anilines is 1. The minimum absolute atomic E-state index is 0.0541. The summed E-state index contributed by atoms with van der Waals surface area (Å²) >= 11 is 5.96. The lowest BCUT2D eigenvalue weighted by Crippen LogP contribution is -2.45. The molecule has 0 radical (unpaired) electrons. The van der Waals surface area contributed by atoms with Gasteiger partial charge in [-0.25, -0.2) is 0 Å². The van der Waals surface area contributed by atoms with Gasteiger partial charge in [0.2, 0.25) is 11.8 Å². The summed E-state index contributed by atoms with van der Waals surface area (Å²) in [6, 6.07) is 15.2. The maximum Gasteiger partial charge on any atom is 0.240 e. The summed E-state index contributed by atoms with van der Waals surface area (Å²) < 4.78 is 0. The van der Waals surface area contributed by atoms with Gasteiger partial charge in [0.15, 0.2) is 0 Å². The lowest BCUT2D eigenvalue weighted by Gasteiger charge is -2.31. The van der Waals surface area contributed by atoms with Crippen LogP contribution in [0.5, 0.6) is 0 Å². The number of benzene rings is 2. The summed E-state index contributed by atoms with van der Waals surface area (Å²) in [4.78, 5) is 27.6. The predicted molar refractivity (Wildman–Crippen MR) is 97.3 cm³/mol. The standard InChI is InChI=1S/C20H19ClN2O2/c21-16-6-3-7-17(12-16)22-18(24)20(9-10-20)19(25)23-11-8-14-4-1-2-5-15(14)13-23/h1-7,12H,8-11,13H2,(H,22,24). The molecule has 1 fully saturated rings. The van der Waals surface area contributed by atoms with E-state index in [9.17, 15) is 9.59 Å². The van der Waals surface area contributed by atoms with Crippen molar-refractivity contribution in [2.75, 3.05) is 11.9 Å². The lowest BCUT2D eigenvalue weighted by molar-refractivity contribution is -0.143. The van der Waals surface area contributed by atoms with Crippen LogP contribution in [0.25, 0.3) is 0 Å². The van der Waals surface area contributed by atoms with Crippen molar-refractivity contribution in [2.45, 2.75) is 25.8 Å². The molecule has 1 N–H and O–H groups in total. The SMILES string of the molecule is O=C(Nc1cccc(Cl)c1)C1(C(=O)N2CCc3ccccc3C2)CC1. The summed E-state index contributed by atoms with van der Waals surface area (Å²) in [5.41, 5.74) is 2.18. The second-order valence-corrected chi connectivity index (χ2v) is 7.23. The van der Waals surface area contributed by atoms with Crippen molar-refractivity contribution in [3.63, 3.8) is 0 Å². The number of nitrogens with zero attached hydrogens (tertiary/aromatic N) is 1. The van der Waals surface area contributed by atoms with Gasteiger partial charge in [-0.2, -0.15) is 0 Å². The average Bonchev–Trinajstić information content (AvgIpc) is 3.43. The van der Waals surface area contributed by atoms with Crippen LogP contribution in [0.15, 0.2) is 48.5 Å². The Morgan fingerprint density at radius 2 is 1.80 bits per heavy atom. The molecule has 2 amide bonds. The Morgan fingerprint density at radius 1 is 1.04 bits per heavy atom. The predicted octanol–water partition coefficient (Wildman–Crippen LogP) is 3.64. The first-order chi connectivity index (χ1) is 12.1. The van der Waals surface area contributed by atoms with Crippen molar-refractivity contribution in [2.24, 2.45) is 5.41 Å². The molecule has 128 valence electrons. The molecular formula is C20H19ClN2O2. The largest absolute Gasteiger partial charge is 0.337 e. The fraction of sp³-hybridized carbons (Fsp3) is 0.300. The van der Waals surface area contributed by atoms with E-state index in [0.717, 1.165) is 6.42 Å². The molecule has 0 atom stereocenters. The summed E-state index contributed by atoms with van der Waals surface area (Å²) in [5, 5.41) is 3.41. The van der Waals surface area contributed by atoms with E-state index in [0.29, 0.717) is 36.6 Å². The fourth-order valence-electron chi connectivity index (χ4n) is 3.45. The molecule has 4 rings (SSSR count). The number of nitrogens with one attached hydrogen (secondary N) is 1. The number of hydrogen-bond donors (Lipinski definition) is 1. The van der Waals surface area contributed by atoms with Crippen LogP contribution in [0.2, 0.25) is 5.02 Å². The summed E-state index contributed by atoms with van der Waals surface area (Å²) in [6.45, 7) is 1.25. The van der Waals surface area contributed by atoms with Crippen LogP contribution in [0.3, 0.4) is 0 Å². The third-order valence-electron chi connectivity index (χ3n) is 5.09. The normalized spacial score (nSPS) is 17.6. The summed E-state index contributed by atoms with van der Waals surface area (Å²) in [6.07, 6.45) is 2.06. The van der Waals surface area contributed by atoms with Crippen molar-refractivity contribution < 1.29 is 9.59 Å². The molecule has 25 heavy (non-hydrogen) atoms. The minimum atomic E-state index is -0.908. The van der Waals surface area contributed by atoms with Gasteiger partial charge in [0.1, 0.15) is 5.41 Å². The number of amides is 2. The highest BCUT2D eigenvalue weighted by Crippen LogP contribution is 2.48. The molecule has 2 aromatic rings. The lowest BCUT2D eigenvalue weighted by atomic mass is 9.97. The van der Waals surface area contributed by atoms with Crippen LogP contribution in [-0.4, -0.2) is 23.3 Å². The zero-order chi connectivity index (χ0) is 17.4. The molecule has 1 aliphatic carbocycles. The van der Waals surface area contributed by atoms with Gasteiger partial charge in [-0.05, 0) is 48.6 Å². The number of rotatable bonds is 3. The Bertz CT molecular complexity index is 845. The van der Waals surface area contributed by atoms with E-state index in [2.05, 4.69) is 17.4 Å². The minimum Gasteiger partial charge on any atom is -0.337 e. The molecule has 1 saturated carbocycles. The highest BCUT2D eigenvalue weighted by Gasteiger charge is 2.58. The highest BCUT2D eigenvalue weighted by atomic mass is 35.5. The van der Waals surface area contributed by atoms with E-state index in [1.807, 2.05) is 17.0 Å². The fourth-order valence-corrected chi connectivity index (χ4v) is 3.64. The Balaban J connectivity index is 1.49. The number of carbonyl (C=O) groups is 2. The Hall–Kier alpha value is -2.33. The van der Waals surface area contributed by atoms with Gasteiger partial charge in [-0.15, -0.1) is 0 Å². The maximum absolute atomic E-state index is 13.0. The van der Waals surface area contributed by atoms with Crippen molar-refractivity contribution in [3.8, 4) is 0 Å². The molecule has 2 aliphatic rings. The smallest absolute Gasteiger partial charge is 0.240 e. The molecule has 1 heterocycles. The van der Waals surface area contributed by atoms with Gasteiger partial charge in [0, 0.05) is 23.8 Å². The zero-order valence-corrected chi connectivity index (χ0v) is 14.6. The van der Waals surface area contributed by atoms with Crippen molar-refractivity contribution >= 4 is 29.1 Å². The molecule has 5 heteroatoms. The summed E-state index contributed by atoms with van der Waals surface area (Å²) in [7, 11) is 0. The first-order valence-electron chi connectivity index (χ1n) is 8.52. The third kappa shape index (κ3) is 3.02. The van der Waals surface area contributed by atoms with E-state index in [-0.39, 0.29) is 11.8 Å². The van der Waals surface area contributed by atoms with E-state index >= 15 is 0 Å². The molecule has 1 aliphatic heterocycles. The molecule has 0 unspecified atom stereocenters. The van der Waals surface area contributed by atoms with Gasteiger partial charge in [-0.1, -0.05) is 41.9 Å². The Labute approximate surface area is 151 Å². The van der Waals surface area contributed by atoms with Crippen LogP contribution in [0.4, 0.5) is 5.69 Å². The van der Waals surface area contributed by atoms with Gasteiger partial charge >= 0.3 is 0 Å². The van der Waals surface area contributed by atoms with Crippen LogP contribution < -0.4 is 5.32 Å². The maximum atomic E-state index is 13.0. The molecule has 0 spiro atoms. The first kappa shape index (κ1) is 16.2. The van der Waals surface area contributed by atoms with E-state index in [1.54, 1.807) is 24.3 Å². The van der Waals surface area contributed by atoms with Crippen molar-refractivity contribution in [1.29, 1.82) is 0 Å². The number of carbonyl (C=O) groups excluding carboxylic acids is 2. The van der Waals surface area contributed by atoms with Gasteiger partial charge < -0.3 is 10.2 Å². The Morgan fingerprint density at radius 3 is 2.52 bits per heavy atom. The second-order valence-electron chi connectivity index (χ2n) is 6.79. The molecule has 4 nitrogen and oxygen atoms in total. The highest BCUT2D eigenvalue weighted by molar-refractivity contribution is 6.31. The molecule has 0 bridgehead atoms. The second kappa shape index (κ2) is 6.19. The van der Waals surface area contributed by atoms with E-state index in [1.165, 1.54) is 11.1 Å². The quantitative estimate of drug-likeness (QED) is 0.855. The molecule has 0 aromatic heterocycles. The van der Waals surface area contributed by atoms with Crippen LogP contribution in [0, 0.1) is 5.41 Å². The Kier molecular flexibility index (Phi) is 4.00. The number of halogens is 1. The molecule has 2 aromatic carbocycles. The van der Waals surface area contributed by atoms with Gasteiger partial charge in [0.25, 0.3) is 0 Å². The van der Waals surface area contributed by atoms with Crippen LogP contribution in [-0.2, 0) is 22.6 Å². The van der Waals surface area contributed by atoms with Crippen molar-refractivity contribution in [1.82, 2.24) is 4.90 Å². The summed E-state index contributed by atoms with van der Waals surface area (Å²) in [5.74, 6) is -0.278. The van der Waals surface area contributed by atoms with Gasteiger partial charge in [-0.3, -0.25) is 9.59 Å². The van der Waals surface area contributed by atoms with Gasteiger partial charge in [0.05, 0.1) is 0 Å². The van der Waals surface area contributed by atoms with Crippen molar-refractivity contribution in [3.05, 3.63) is 64.7 Å². The van der Waals surface area contributed by atoms with E-state index in [4.69, 9.17) is 11.6 Å². The molecule has 0 saturated heterocycles. The zero-order valence-electron chi connectivity index (χ0n) is 13.8. The van der Waals surface area contributed by atoms with Crippen LogP contribution in [0.1, 0.15) is 24.0 Å². The topological polar surface area (TPSA) is 49.4 Å². The monoisotopic (exact) mass is 354 g/mol.